The molecule has 1 aromatic carbocycles. The van der Waals surface area contributed by atoms with Crippen LogP contribution in [0.4, 0.5) is 5.69 Å². The monoisotopic (exact) mass is 233 g/mol. The molecule has 16 heavy (non-hydrogen) atoms. The van der Waals surface area contributed by atoms with Crippen LogP contribution in [0.15, 0.2) is 35.8 Å². The molecule has 0 aliphatic heterocycles. The van der Waals surface area contributed by atoms with E-state index in [0.717, 1.165) is 16.3 Å². The van der Waals surface area contributed by atoms with Crippen LogP contribution in [0, 0.1) is 0 Å². The second-order valence-electron chi connectivity index (χ2n) is 3.17. The molecule has 0 fully saturated rings. The van der Waals surface area contributed by atoms with Crippen molar-refractivity contribution >= 4 is 22.9 Å². The van der Waals surface area contributed by atoms with Gasteiger partial charge in [-0.15, -0.1) is 11.3 Å². The molecular weight excluding hydrogens is 222 g/mol. The first-order valence-electron chi connectivity index (χ1n) is 4.79. The summed E-state index contributed by atoms with van der Waals surface area (Å²) in [6.45, 7) is -0.0124. The Bertz CT molecular complexity index is 482. The van der Waals surface area contributed by atoms with Crippen molar-refractivity contribution in [3.63, 3.8) is 0 Å². The quantitative estimate of drug-likeness (QED) is 0.848. The lowest BCUT2D eigenvalue weighted by Gasteiger charge is -2.04. The summed E-state index contributed by atoms with van der Waals surface area (Å²) in [4.78, 5) is 15.3. The van der Waals surface area contributed by atoms with Crippen LogP contribution in [0.5, 0.6) is 0 Å². The Hall–Kier alpha value is -1.72. The van der Waals surface area contributed by atoms with Crippen molar-refractivity contribution < 1.29 is 4.79 Å². The summed E-state index contributed by atoms with van der Waals surface area (Å²) < 4.78 is 0. The van der Waals surface area contributed by atoms with Crippen molar-refractivity contribution in [2.45, 2.75) is 0 Å². The molecule has 0 unspecified atom stereocenters. The molecule has 0 spiro atoms. The predicted octanol–water partition coefficient (Wildman–Crippen LogP) is 1.71. The molecule has 1 aromatic heterocycles. The number of thiazole rings is 1. The molecule has 1 heterocycles. The molecule has 82 valence electrons. The van der Waals surface area contributed by atoms with Gasteiger partial charge in [0.2, 0.25) is 5.91 Å². The fourth-order valence-corrected chi connectivity index (χ4v) is 1.94. The first-order chi connectivity index (χ1) is 7.79. The summed E-state index contributed by atoms with van der Waals surface area (Å²) in [6.07, 6.45) is 1.76. The number of nitrogens with two attached hydrogens (primary N) is 1. The van der Waals surface area contributed by atoms with Gasteiger partial charge in [-0.2, -0.15) is 0 Å². The highest BCUT2D eigenvalue weighted by Gasteiger charge is 2.03. The number of nitrogens with one attached hydrogen (secondary N) is 1. The molecule has 4 nitrogen and oxygen atoms in total. The topological polar surface area (TPSA) is 68.0 Å². The van der Waals surface area contributed by atoms with E-state index >= 15 is 0 Å². The van der Waals surface area contributed by atoms with E-state index in [2.05, 4.69) is 10.3 Å². The van der Waals surface area contributed by atoms with Gasteiger partial charge in [0.05, 0.1) is 6.54 Å². The van der Waals surface area contributed by atoms with Gasteiger partial charge >= 0.3 is 0 Å². The third-order valence-corrected chi connectivity index (χ3v) is 2.83. The highest BCUT2D eigenvalue weighted by Crippen LogP contribution is 2.24. The van der Waals surface area contributed by atoms with E-state index in [0.29, 0.717) is 0 Å². The summed E-state index contributed by atoms with van der Waals surface area (Å²) in [7, 11) is 0. The van der Waals surface area contributed by atoms with Gasteiger partial charge in [-0.3, -0.25) is 4.79 Å². The number of aromatic nitrogens is 1. The van der Waals surface area contributed by atoms with Gasteiger partial charge in [-0.25, -0.2) is 4.98 Å². The third-order valence-electron chi connectivity index (χ3n) is 2.01. The maximum Gasteiger partial charge on any atom is 0.238 e. The van der Waals surface area contributed by atoms with E-state index in [1.165, 1.54) is 0 Å². The van der Waals surface area contributed by atoms with E-state index in [-0.39, 0.29) is 12.5 Å². The van der Waals surface area contributed by atoms with E-state index in [1.807, 2.05) is 29.6 Å². The third kappa shape index (κ3) is 2.44. The van der Waals surface area contributed by atoms with Crippen LogP contribution in [-0.4, -0.2) is 17.4 Å². The number of carbonyl (C=O) groups excluding carboxylic acids is 1. The molecule has 0 saturated carbocycles. The molecular formula is C11H11N3OS. The predicted molar refractivity (Wildman–Crippen MR) is 65.2 cm³/mol. The second kappa shape index (κ2) is 4.87. The molecule has 0 bridgehead atoms. The summed E-state index contributed by atoms with van der Waals surface area (Å²) in [5, 5.41) is 5.56. The maximum atomic E-state index is 11.1. The number of amides is 1. The average Bonchev–Trinajstić information content (AvgIpc) is 2.83. The SMILES string of the molecule is NCC(=O)Nc1cccc(-c2nccs2)c1. The first kappa shape index (κ1) is 10.8. The van der Waals surface area contributed by atoms with Gasteiger partial charge in [0.1, 0.15) is 5.01 Å². The second-order valence-corrected chi connectivity index (χ2v) is 4.06. The first-order valence-corrected chi connectivity index (χ1v) is 5.67. The van der Waals surface area contributed by atoms with Crippen LogP contribution in [0.3, 0.4) is 0 Å². The molecule has 2 aromatic rings. The average molecular weight is 233 g/mol. The van der Waals surface area contributed by atoms with Gasteiger partial charge in [0.25, 0.3) is 0 Å². The normalized spacial score (nSPS) is 10.1. The summed E-state index contributed by atoms with van der Waals surface area (Å²) in [6, 6.07) is 7.54. The van der Waals surface area contributed by atoms with Crippen LogP contribution >= 0.6 is 11.3 Å². The van der Waals surface area contributed by atoms with E-state index in [4.69, 9.17) is 5.73 Å². The minimum atomic E-state index is -0.198. The van der Waals surface area contributed by atoms with Gasteiger partial charge < -0.3 is 11.1 Å². The smallest absolute Gasteiger partial charge is 0.238 e. The van der Waals surface area contributed by atoms with E-state index in [1.54, 1.807) is 17.5 Å². The van der Waals surface area contributed by atoms with Crippen molar-refractivity contribution in [2.24, 2.45) is 5.73 Å². The highest BCUT2D eigenvalue weighted by atomic mass is 32.1. The van der Waals surface area contributed by atoms with Gasteiger partial charge in [0.15, 0.2) is 0 Å². The Balaban J connectivity index is 2.23. The number of hydrogen-bond acceptors (Lipinski definition) is 4. The number of benzene rings is 1. The van der Waals surface area contributed by atoms with Crippen molar-refractivity contribution in [2.75, 3.05) is 11.9 Å². The summed E-state index contributed by atoms with van der Waals surface area (Å²) in [5.74, 6) is -0.198. The van der Waals surface area contributed by atoms with E-state index in [9.17, 15) is 4.79 Å². The van der Waals surface area contributed by atoms with Gasteiger partial charge in [0, 0.05) is 22.8 Å². The Kier molecular flexibility index (Phi) is 3.28. The standard InChI is InChI=1S/C11H11N3OS/c12-7-10(15)14-9-3-1-2-8(6-9)11-13-4-5-16-11/h1-6H,7,12H2,(H,14,15). The molecule has 0 aliphatic rings. The number of anilines is 1. The Labute approximate surface area is 97.1 Å². The minimum absolute atomic E-state index is 0.0124. The highest BCUT2D eigenvalue weighted by molar-refractivity contribution is 7.13. The maximum absolute atomic E-state index is 11.1. The van der Waals surface area contributed by atoms with Crippen molar-refractivity contribution in [1.82, 2.24) is 4.98 Å². The number of rotatable bonds is 3. The molecule has 2 rings (SSSR count). The zero-order chi connectivity index (χ0) is 11.4. The van der Waals surface area contributed by atoms with Crippen LogP contribution in [0.2, 0.25) is 0 Å². The lowest BCUT2D eigenvalue weighted by atomic mass is 10.2. The van der Waals surface area contributed by atoms with Crippen LogP contribution < -0.4 is 11.1 Å². The number of hydrogen-bond donors (Lipinski definition) is 2. The Morgan fingerprint density at radius 2 is 2.38 bits per heavy atom. The van der Waals surface area contributed by atoms with Crippen LogP contribution in [0.25, 0.3) is 10.6 Å². The number of carbonyl (C=O) groups is 1. The van der Waals surface area contributed by atoms with Crippen molar-refractivity contribution in [1.29, 1.82) is 0 Å². The lowest BCUT2D eigenvalue weighted by molar-refractivity contribution is -0.114. The lowest BCUT2D eigenvalue weighted by Crippen LogP contribution is -2.21. The molecule has 1 amide bonds. The Morgan fingerprint density at radius 1 is 1.50 bits per heavy atom. The molecule has 0 radical (unpaired) electrons. The number of nitrogens with zero attached hydrogens (tertiary/aromatic N) is 1. The van der Waals surface area contributed by atoms with Crippen LogP contribution in [-0.2, 0) is 4.79 Å². The molecule has 0 saturated heterocycles. The Morgan fingerprint density at radius 3 is 3.06 bits per heavy atom. The molecule has 0 aliphatic carbocycles. The van der Waals surface area contributed by atoms with Gasteiger partial charge in [-0.1, -0.05) is 12.1 Å². The van der Waals surface area contributed by atoms with Crippen LogP contribution in [0.1, 0.15) is 0 Å². The fraction of sp³-hybridized carbons (Fsp3) is 0.0909. The fourth-order valence-electron chi connectivity index (χ4n) is 1.31. The zero-order valence-corrected chi connectivity index (χ0v) is 9.33. The molecule has 5 heteroatoms. The summed E-state index contributed by atoms with van der Waals surface area (Å²) in [5.41, 5.74) is 6.96. The van der Waals surface area contributed by atoms with E-state index < -0.39 is 0 Å². The van der Waals surface area contributed by atoms with Crippen molar-refractivity contribution in [3.05, 3.63) is 35.8 Å². The zero-order valence-electron chi connectivity index (χ0n) is 8.51. The minimum Gasteiger partial charge on any atom is -0.325 e. The molecule has 3 N–H and O–H groups in total. The van der Waals surface area contributed by atoms with Gasteiger partial charge in [-0.05, 0) is 12.1 Å². The largest absolute Gasteiger partial charge is 0.325 e. The van der Waals surface area contributed by atoms with Crippen molar-refractivity contribution in [3.8, 4) is 10.6 Å². The summed E-state index contributed by atoms with van der Waals surface area (Å²) >= 11 is 1.56. The molecule has 0 atom stereocenters.